The third-order valence-electron chi connectivity index (χ3n) is 7.23. The SMILES string of the molecule is Cc1cc(C(F)(F)F)cc(-n2ncc(-c3nc(-c4ccc([C@H](O)CN5CCC[C@H](CC(=O)O)C5)cc4)no3)c2C(F)(F)F)n1. The molecular weight excluding hydrogens is 598 g/mol. The van der Waals surface area contributed by atoms with Crippen LogP contribution in [-0.2, 0) is 17.1 Å². The van der Waals surface area contributed by atoms with Crippen molar-refractivity contribution in [1.29, 1.82) is 0 Å². The molecule has 4 heterocycles. The van der Waals surface area contributed by atoms with Gasteiger partial charge in [0.2, 0.25) is 5.82 Å². The number of piperidine rings is 1. The molecule has 0 amide bonds. The summed E-state index contributed by atoms with van der Waals surface area (Å²) in [6.45, 7) is 2.81. The summed E-state index contributed by atoms with van der Waals surface area (Å²) in [4.78, 5) is 20.9. The average Bonchev–Trinajstić information content (AvgIpc) is 3.60. The van der Waals surface area contributed by atoms with Crippen LogP contribution in [0.5, 0.6) is 0 Å². The highest BCUT2D eigenvalue weighted by atomic mass is 19.4. The zero-order chi connectivity index (χ0) is 31.8. The first-order valence-electron chi connectivity index (χ1n) is 13.5. The number of hydrogen-bond donors (Lipinski definition) is 2. The number of β-amino-alcohol motifs (C(OH)–C–C–N with tert-alkyl or cyclic N) is 1. The summed E-state index contributed by atoms with van der Waals surface area (Å²) < 4.78 is 87.9. The predicted octanol–water partition coefficient (Wildman–Crippen LogP) is 5.55. The Kier molecular flexibility index (Phi) is 8.49. The van der Waals surface area contributed by atoms with E-state index in [0.29, 0.717) is 36.3 Å². The number of carboxylic acids is 1. The Morgan fingerprint density at radius 2 is 1.82 bits per heavy atom. The molecule has 0 aliphatic carbocycles. The number of halogens is 6. The van der Waals surface area contributed by atoms with Crippen LogP contribution in [-0.4, -0.2) is 65.6 Å². The van der Waals surface area contributed by atoms with Gasteiger partial charge in [-0.05, 0) is 49.9 Å². The molecule has 16 heteroatoms. The van der Waals surface area contributed by atoms with E-state index in [-0.39, 0.29) is 28.5 Å². The molecule has 1 aliphatic rings. The molecule has 1 saturated heterocycles. The number of nitrogens with zero attached hydrogens (tertiary/aromatic N) is 6. The van der Waals surface area contributed by atoms with Crippen molar-refractivity contribution in [2.45, 2.75) is 44.6 Å². The highest BCUT2D eigenvalue weighted by Crippen LogP contribution is 2.39. The summed E-state index contributed by atoms with van der Waals surface area (Å²) in [5, 5.41) is 27.2. The fourth-order valence-corrected chi connectivity index (χ4v) is 5.26. The zero-order valence-electron chi connectivity index (χ0n) is 23.1. The van der Waals surface area contributed by atoms with Gasteiger partial charge in [0.1, 0.15) is 0 Å². The lowest BCUT2D eigenvalue weighted by atomic mass is 9.94. The van der Waals surface area contributed by atoms with E-state index in [1.807, 2.05) is 4.90 Å². The number of aryl methyl sites for hydroxylation is 1. The molecule has 10 nitrogen and oxygen atoms in total. The zero-order valence-corrected chi connectivity index (χ0v) is 23.1. The van der Waals surface area contributed by atoms with E-state index in [9.17, 15) is 36.2 Å². The minimum Gasteiger partial charge on any atom is -0.481 e. The van der Waals surface area contributed by atoms with Crippen molar-refractivity contribution in [1.82, 2.24) is 29.8 Å². The number of aliphatic carboxylic acids is 1. The number of carboxylic acid groups (broad SMARTS) is 1. The number of benzene rings is 1. The Morgan fingerprint density at radius 1 is 1.09 bits per heavy atom. The van der Waals surface area contributed by atoms with Crippen LogP contribution in [0.4, 0.5) is 26.3 Å². The van der Waals surface area contributed by atoms with Crippen LogP contribution >= 0.6 is 0 Å². The summed E-state index contributed by atoms with van der Waals surface area (Å²) in [5.41, 5.74) is -2.51. The Hall–Kier alpha value is -4.31. The molecule has 5 rings (SSSR count). The quantitative estimate of drug-likeness (QED) is 0.242. The lowest BCUT2D eigenvalue weighted by Crippen LogP contribution is -2.38. The van der Waals surface area contributed by atoms with E-state index < -0.39 is 53.0 Å². The third kappa shape index (κ3) is 6.91. The first kappa shape index (κ1) is 31.1. The van der Waals surface area contributed by atoms with Gasteiger partial charge in [0.15, 0.2) is 11.5 Å². The lowest BCUT2D eigenvalue weighted by molar-refractivity contribution is -0.142. The first-order valence-corrected chi connectivity index (χ1v) is 13.5. The van der Waals surface area contributed by atoms with E-state index >= 15 is 0 Å². The number of pyridine rings is 1. The molecule has 234 valence electrons. The van der Waals surface area contributed by atoms with Gasteiger partial charge in [0, 0.05) is 30.8 Å². The average molecular weight is 625 g/mol. The number of carbonyl (C=O) groups is 1. The fourth-order valence-electron chi connectivity index (χ4n) is 5.26. The molecule has 1 aliphatic heterocycles. The van der Waals surface area contributed by atoms with E-state index in [1.165, 1.54) is 6.92 Å². The predicted molar refractivity (Wildman–Crippen MR) is 141 cm³/mol. The lowest BCUT2D eigenvalue weighted by Gasteiger charge is -2.33. The second-order valence-electron chi connectivity index (χ2n) is 10.6. The smallest absolute Gasteiger partial charge is 0.434 e. The molecule has 0 unspecified atom stereocenters. The highest BCUT2D eigenvalue weighted by Gasteiger charge is 2.41. The van der Waals surface area contributed by atoms with Crippen LogP contribution in [0.1, 0.15) is 47.9 Å². The molecule has 0 bridgehead atoms. The molecule has 44 heavy (non-hydrogen) atoms. The summed E-state index contributed by atoms with van der Waals surface area (Å²) in [6, 6.07) is 7.50. The van der Waals surface area contributed by atoms with Crippen molar-refractivity contribution in [2.75, 3.05) is 19.6 Å². The number of likely N-dealkylation sites (tertiary alicyclic amines) is 1. The van der Waals surface area contributed by atoms with Crippen LogP contribution in [0.15, 0.2) is 47.1 Å². The number of aliphatic hydroxyl groups excluding tert-OH is 1. The topological polar surface area (TPSA) is 130 Å². The second kappa shape index (κ2) is 12.0. The maximum Gasteiger partial charge on any atom is 0.434 e. The van der Waals surface area contributed by atoms with Gasteiger partial charge >= 0.3 is 18.3 Å². The molecule has 0 saturated carbocycles. The Bertz CT molecular complexity index is 1630. The monoisotopic (exact) mass is 624 g/mol. The summed E-state index contributed by atoms with van der Waals surface area (Å²) >= 11 is 0. The molecule has 2 atom stereocenters. The maximum atomic E-state index is 14.2. The van der Waals surface area contributed by atoms with E-state index in [0.717, 1.165) is 25.6 Å². The summed E-state index contributed by atoms with van der Waals surface area (Å²) in [6.07, 6.45) is -8.30. The van der Waals surface area contributed by atoms with Crippen LogP contribution in [0.2, 0.25) is 0 Å². The minimum atomic E-state index is -5.08. The van der Waals surface area contributed by atoms with Crippen molar-refractivity contribution in [3.05, 3.63) is 65.1 Å². The van der Waals surface area contributed by atoms with Crippen molar-refractivity contribution in [2.24, 2.45) is 5.92 Å². The third-order valence-corrected chi connectivity index (χ3v) is 7.23. The maximum absolute atomic E-state index is 14.2. The Labute approximate surface area is 245 Å². The van der Waals surface area contributed by atoms with Gasteiger partial charge in [-0.3, -0.25) is 4.79 Å². The van der Waals surface area contributed by atoms with Gasteiger partial charge in [-0.15, -0.1) is 0 Å². The number of rotatable bonds is 8. The first-order chi connectivity index (χ1) is 20.7. The molecule has 2 N–H and O–H groups in total. The van der Waals surface area contributed by atoms with E-state index in [1.54, 1.807) is 24.3 Å². The van der Waals surface area contributed by atoms with Gasteiger partial charge < -0.3 is 19.6 Å². The van der Waals surface area contributed by atoms with Gasteiger partial charge in [-0.25, -0.2) is 9.67 Å². The molecular formula is C28H26F6N6O4. The van der Waals surface area contributed by atoms with Crippen LogP contribution in [0.3, 0.4) is 0 Å². The number of aliphatic hydroxyl groups is 1. The summed E-state index contributed by atoms with van der Waals surface area (Å²) in [7, 11) is 0. The number of aromatic nitrogens is 5. The molecule has 1 aromatic carbocycles. The Morgan fingerprint density at radius 3 is 2.48 bits per heavy atom. The van der Waals surface area contributed by atoms with Gasteiger partial charge in [-0.2, -0.15) is 36.4 Å². The van der Waals surface area contributed by atoms with Crippen molar-refractivity contribution >= 4 is 5.97 Å². The molecule has 0 radical (unpaired) electrons. The van der Waals surface area contributed by atoms with Crippen LogP contribution in [0, 0.1) is 12.8 Å². The van der Waals surface area contributed by atoms with Gasteiger partial charge in [0.25, 0.3) is 5.89 Å². The van der Waals surface area contributed by atoms with Crippen molar-refractivity contribution in [3.63, 3.8) is 0 Å². The standard InChI is InChI=1S/C28H26F6N6O4/c1-15-9-19(27(29,30)31)11-22(36-15)40-24(28(32,33)34)20(12-35-40)26-37-25(38-44-26)18-6-4-17(5-7-18)21(41)14-39-8-2-3-16(13-39)10-23(42)43/h4-7,9,11-12,16,21,41H,2-3,8,10,13-14H2,1H3,(H,42,43)/t16-,21-/m1/s1. The summed E-state index contributed by atoms with van der Waals surface area (Å²) in [5.74, 6) is -2.16. The Balaban J connectivity index is 1.36. The normalized spacial score (nSPS) is 17.1. The van der Waals surface area contributed by atoms with E-state index in [4.69, 9.17) is 9.63 Å². The van der Waals surface area contributed by atoms with Crippen molar-refractivity contribution < 1.29 is 45.9 Å². The largest absolute Gasteiger partial charge is 0.481 e. The molecule has 0 spiro atoms. The van der Waals surface area contributed by atoms with Gasteiger partial charge in [0.05, 0.1) is 23.4 Å². The number of alkyl halides is 6. The molecule has 1 fully saturated rings. The minimum absolute atomic E-state index is 0.0127. The molecule has 4 aromatic rings. The highest BCUT2D eigenvalue weighted by molar-refractivity contribution is 5.67. The fraction of sp³-hybridized carbons (Fsp3) is 0.393. The van der Waals surface area contributed by atoms with E-state index in [2.05, 4.69) is 20.2 Å². The van der Waals surface area contributed by atoms with Gasteiger partial charge in [-0.1, -0.05) is 29.4 Å². The number of hydrogen-bond acceptors (Lipinski definition) is 8. The second-order valence-corrected chi connectivity index (χ2v) is 10.6. The van der Waals surface area contributed by atoms with Crippen LogP contribution < -0.4 is 0 Å². The molecule has 3 aromatic heterocycles. The van der Waals surface area contributed by atoms with Crippen LogP contribution in [0.25, 0.3) is 28.7 Å². The van der Waals surface area contributed by atoms with Crippen molar-refractivity contribution in [3.8, 4) is 28.7 Å².